The lowest BCUT2D eigenvalue weighted by Crippen LogP contribution is -2.43. The summed E-state index contributed by atoms with van der Waals surface area (Å²) in [6.45, 7) is 12.2. The van der Waals surface area contributed by atoms with Crippen LogP contribution in [-0.4, -0.2) is 31.3 Å². The van der Waals surface area contributed by atoms with Crippen LogP contribution >= 0.6 is 0 Å². The second-order valence-corrected chi connectivity index (χ2v) is 9.58. The van der Waals surface area contributed by atoms with Gasteiger partial charge in [0, 0.05) is 36.6 Å². The van der Waals surface area contributed by atoms with Crippen molar-refractivity contribution in [3.8, 4) is 0 Å². The lowest BCUT2D eigenvalue weighted by molar-refractivity contribution is -0.125. The van der Waals surface area contributed by atoms with Crippen LogP contribution in [-0.2, 0) is 4.79 Å². The molecule has 1 fully saturated rings. The van der Waals surface area contributed by atoms with Gasteiger partial charge in [0.05, 0.1) is 11.6 Å². The van der Waals surface area contributed by atoms with E-state index in [-0.39, 0.29) is 23.5 Å². The Hall–Kier alpha value is -2.76. The quantitative estimate of drug-likeness (QED) is 0.283. The van der Waals surface area contributed by atoms with E-state index in [0.717, 1.165) is 37.1 Å². The van der Waals surface area contributed by atoms with E-state index in [1.54, 1.807) is 25.1 Å². The number of unbranched alkanes of at least 4 members (excludes halogenated alkanes) is 3. The standard InChI is InChI=1S/C24H29F2N3O.C6H14/c1-4-11-27-24(30)18-6-5-12-29(15-18)20-9-10-22(26)21(14-20)17(3)28-23-13-19(25)8-7-16(23)2;1-3-5-6-4-2/h7-10,13-14,18H,4-6,11-12,15H2,1-3H3,(H,27,30);3-6H2,1-2H3/t18-;/m1./s1. The molecule has 4 nitrogen and oxygen atoms in total. The van der Waals surface area contributed by atoms with E-state index in [1.807, 2.05) is 13.8 Å². The number of amides is 1. The number of aryl methyl sites for hydroxylation is 1. The number of carbonyl (C=O) groups is 1. The van der Waals surface area contributed by atoms with E-state index in [0.29, 0.717) is 30.1 Å². The molecule has 198 valence electrons. The highest BCUT2D eigenvalue weighted by Gasteiger charge is 2.26. The fraction of sp³-hybridized carbons (Fsp3) is 0.533. The number of anilines is 1. The molecule has 0 aliphatic carbocycles. The SMILES string of the molecule is CCCCCC.CCCNC(=O)[C@@H]1CCCN(c2ccc(F)c(C(C)=Nc3cc(F)ccc3C)c2)C1. The van der Waals surface area contributed by atoms with Gasteiger partial charge in [-0.25, -0.2) is 8.78 Å². The highest BCUT2D eigenvalue weighted by atomic mass is 19.1. The largest absolute Gasteiger partial charge is 0.371 e. The Bertz CT molecular complexity index is 1000. The minimum absolute atomic E-state index is 0.0662. The molecule has 0 radical (unpaired) electrons. The summed E-state index contributed by atoms with van der Waals surface area (Å²) in [5.74, 6) is -0.725. The zero-order valence-electron chi connectivity index (χ0n) is 22.7. The van der Waals surface area contributed by atoms with E-state index in [1.165, 1.54) is 43.9 Å². The van der Waals surface area contributed by atoms with E-state index in [9.17, 15) is 13.6 Å². The van der Waals surface area contributed by atoms with E-state index in [4.69, 9.17) is 0 Å². The van der Waals surface area contributed by atoms with Crippen molar-refractivity contribution in [1.29, 1.82) is 0 Å². The van der Waals surface area contributed by atoms with Gasteiger partial charge in [-0.3, -0.25) is 9.79 Å². The van der Waals surface area contributed by atoms with Gasteiger partial charge in [0.1, 0.15) is 11.6 Å². The number of benzene rings is 2. The molecule has 0 unspecified atom stereocenters. The molecule has 0 spiro atoms. The lowest BCUT2D eigenvalue weighted by atomic mass is 9.96. The van der Waals surface area contributed by atoms with Crippen molar-refractivity contribution >= 4 is 23.0 Å². The number of nitrogens with one attached hydrogen (secondary N) is 1. The van der Waals surface area contributed by atoms with Gasteiger partial charge < -0.3 is 10.2 Å². The number of carbonyl (C=O) groups excluding carboxylic acids is 1. The van der Waals surface area contributed by atoms with Gasteiger partial charge in [-0.05, 0) is 69.0 Å². The minimum atomic E-state index is -0.373. The van der Waals surface area contributed by atoms with Crippen LogP contribution in [0.15, 0.2) is 41.4 Å². The van der Waals surface area contributed by atoms with Crippen molar-refractivity contribution in [3.05, 3.63) is 59.2 Å². The second-order valence-electron chi connectivity index (χ2n) is 9.58. The zero-order valence-corrected chi connectivity index (χ0v) is 22.7. The molecule has 1 heterocycles. The number of rotatable bonds is 9. The molecule has 1 amide bonds. The highest BCUT2D eigenvalue weighted by Crippen LogP contribution is 2.27. The summed E-state index contributed by atoms with van der Waals surface area (Å²) in [7, 11) is 0. The normalized spacial score (nSPS) is 15.8. The van der Waals surface area contributed by atoms with Crippen LogP contribution in [0, 0.1) is 24.5 Å². The highest BCUT2D eigenvalue weighted by molar-refractivity contribution is 6.01. The number of piperidine rings is 1. The molecule has 1 saturated heterocycles. The van der Waals surface area contributed by atoms with Crippen LogP contribution in [0.2, 0.25) is 0 Å². The molecule has 1 aliphatic heterocycles. The first kappa shape index (κ1) is 29.5. The van der Waals surface area contributed by atoms with Crippen molar-refractivity contribution in [3.63, 3.8) is 0 Å². The van der Waals surface area contributed by atoms with E-state index < -0.39 is 0 Å². The van der Waals surface area contributed by atoms with Crippen LogP contribution < -0.4 is 10.2 Å². The van der Waals surface area contributed by atoms with Gasteiger partial charge in [-0.2, -0.15) is 0 Å². The molecule has 0 bridgehead atoms. The Morgan fingerprint density at radius 1 is 1.06 bits per heavy atom. The predicted molar refractivity (Wildman–Crippen MR) is 147 cm³/mol. The first-order valence-corrected chi connectivity index (χ1v) is 13.4. The van der Waals surface area contributed by atoms with E-state index >= 15 is 0 Å². The number of halogens is 2. The maximum absolute atomic E-state index is 14.6. The summed E-state index contributed by atoms with van der Waals surface area (Å²) in [5.41, 5.74) is 3.04. The van der Waals surface area contributed by atoms with Gasteiger partial charge in [0.25, 0.3) is 0 Å². The molecule has 0 saturated carbocycles. The average molecular weight is 500 g/mol. The zero-order chi connectivity index (χ0) is 26.5. The molecule has 36 heavy (non-hydrogen) atoms. The number of hydrogen-bond donors (Lipinski definition) is 1. The smallest absolute Gasteiger partial charge is 0.224 e. The van der Waals surface area contributed by atoms with E-state index in [2.05, 4.69) is 29.1 Å². The second kappa shape index (κ2) is 15.4. The maximum Gasteiger partial charge on any atom is 0.224 e. The Labute approximate surface area is 216 Å². The fourth-order valence-corrected chi connectivity index (χ4v) is 4.25. The summed E-state index contributed by atoms with van der Waals surface area (Å²) in [6.07, 6.45) is 8.22. The predicted octanol–water partition coefficient (Wildman–Crippen LogP) is 7.74. The number of hydrogen-bond acceptors (Lipinski definition) is 3. The van der Waals surface area contributed by atoms with Crippen molar-refractivity contribution < 1.29 is 13.6 Å². The molecule has 2 aromatic rings. The molecular weight excluding hydrogens is 456 g/mol. The minimum Gasteiger partial charge on any atom is -0.371 e. The molecule has 6 heteroatoms. The molecule has 3 rings (SSSR count). The summed E-state index contributed by atoms with van der Waals surface area (Å²) in [4.78, 5) is 19.0. The lowest BCUT2D eigenvalue weighted by Gasteiger charge is -2.34. The number of nitrogens with zero attached hydrogens (tertiary/aromatic N) is 2. The molecule has 1 atom stereocenters. The Kier molecular flexibility index (Phi) is 12.6. The Balaban J connectivity index is 0.000000678. The van der Waals surface area contributed by atoms with Crippen molar-refractivity contribution in [2.24, 2.45) is 10.9 Å². The van der Waals surface area contributed by atoms with Gasteiger partial charge in [0.2, 0.25) is 5.91 Å². The third kappa shape index (κ3) is 9.03. The van der Waals surface area contributed by atoms with Crippen LogP contribution in [0.25, 0.3) is 0 Å². The first-order chi connectivity index (χ1) is 17.3. The van der Waals surface area contributed by atoms with Gasteiger partial charge >= 0.3 is 0 Å². The molecule has 1 N–H and O–H groups in total. The van der Waals surface area contributed by atoms with Crippen molar-refractivity contribution in [2.45, 2.75) is 79.6 Å². The Morgan fingerprint density at radius 3 is 2.44 bits per heavy atom. The average Bonchev–Trinajstić information content (AvgIpc) is 2.88. The molecular formula is C30H43F2N3O. The summed E-state index contributed by atoms with van der Waals surface area (Å²) < 4.78 is 28.2. The molecule has 0 aromatic heterocycles. The topological polar surface area (TPSA) is 44.7 Å². The van der Waals surface area contributed by atoms with Crippen LogP contribution in [0.5, 0.6) is 0 Å². The molecule has 2 aromatic carbocycles. The summed E-state index contributed by atoms with van der Waals surface area (Å²) >= 11 is 0. The molecule has 1 aliphatic rings. The summed E-state index contributed by atoms with van der Waals surface area (Å²) in [5, 5.41) is 2.97. The van der Waals surface area contributed by atoms with Gasteiger partial charge in [-0.1, -0.05) is 52.5 Å². The summed E-state index contributed by atoms with van der Waals surface area (Å²) in [6, 6.07) is 9.34. The van der Waals surface area contributed by atoms with Crippen molar-refractivity contribution in [2.75, 3.05) is 24.5 Å². The fourth-order valence-electron chi connectivity index (χ4n) is 4.25. The van der Waals surface area contributed by atoms with Crippen molar-refractivity contribution in [1.82, 2.24) is 5.32 Å². The third-order valence-corrected chi connectivity index (χ3v) is 6.46. The van der Waals surface area contributed by atoms with Crippen LogP contribution in [0.4, 0.5) is 20.2 Å². The van der Waals surface area contributed by atoms with Gasteiger partial charge in [-0.15, -0.1) is 0 Å². The van der Waals surface area contributed by atoms with Crippen LogP contribution in [0.3, 0.4) is 0 Å². The van der Waals surface area contributed by atoms with Gasteiger partial charge in [0.15, 0.2) is 0 Å². The maximum atomic E-state index is 14.6. The monoisotopic (exact) mass is 499 g/mol. The third-order valence-electron chi connectivity index (χ3n) is 6.46. The van der Waals surface area contributed by atoms with Crippen LogP contribution in [0.1, 0.15) is 83.8 Å². The Morgan fingerprint density at radius 2 is 1.78 bits per heavy atom. The number of aliphatic imine (C=N–C) groups is 1. The first-order valence-electron chi connectivity index (χ1n) is 13.4.